The van der Waals surface area contributed by atoms with Crippen molar-refractivity contribution in [3.63, 3.8) is 0 Å². The van der Waals surface area contributed by atoms with Gasteiger partial charge in [0.25, 0.3) is 0 Å². The first-order valence-electron chi connectivity index (χ1n) is 3.01. The van der Waals surface area contributed by atoms with Crippen LogP contribution in [-0.4, -0.2) is 29.1 Å². The van der Waals surface area contributed by atoms with Gasteiger partial charge < -0.3 is 16.6 Å². The quantitative estimate of drug-likeness (QED) is 0.392. The summed E-state index contributed by atoms with van der Waals surface area (Å²) in [6.45, 7) is 0. The summed E-state index contributed by atoms with van der Waals surface area (Å²) in [5, 5.41) is 9.85. The lowest BCUT2D eigenvalue weighted by Gasteiger charge is -2.06. The fourth-order valence-electron chi connectivity index (χ4n) is 0.495. The number of hydrogen-bond donors (Lipinski definition) is 4. The fourth-order valence-corrected chi connectivity index (χ4v) is 0.495. The molecule has 7 nitrogen and oxygen atoms in total. The van der Waals surface area contributed by atoms with Crippen molar-refractivity contribution < 1.29 is 19.5 Å². The van der Waals surface area contributed by atoms with Gasteiger partial charge in [-0.1, -0.05) is 0 Å². The van der Waals surface area contributed by atoms with Crippen molar-refractivity contribution in [1.29, 1.82) is 0 Å². The molecule has 0 heterocycles. The number of rotatable bonds is 3. The molecule has 0 aromatic rings. The minimum atomic E-state index is -1.25. The topological polar surface area (TPSA) is 136 Å². The highest BCUT2D eigenvalue weighted by molar-refractivity contribution is 5.97. The van der Waals surface area contributed by atoms with Crippen LogP contribution in [0.2, 0.25) is 0 Å². The molecular weight excluding hydrogens is 166 g/mol. The molecule has 0 aromatic heterocycles. The van der Waals surface area contributed by atoms with Crippen LogP contribution in [0.5, 0.6) is 0 Å². The third-order valence-corrected chi connectivity index (χ3v) is 0.978. The average molecular weight is 175 g/mol. The zero-order valence-electron chi connectivity index (χ0n) is 6.11. The Labute approximate surface area is 67.7 Å². The molecule has 0 spiro atoms. The van der Waals surface area contributed by atoms with Crippen molar-refractivity contribution in [2.75, 3.05) is 0 Å². The van der Waals surface area contributed by atoms with Crippen LogP contribution < -0.4 is 16.8 Å². The Morgan fingerprint density at radius 2 is 1.92 bits per heavy atom. The van der Waals surface area contributed by atoms with Crippen LogP contribution >= 0.6 is 0 Å². The summed E-state index contributed by atoms with van der Waals surface area (Å²) in [5.74, 6) is -2.12. The number of hydrogen-bond acceptors (Lipinski definition) is 4. The molecule has 7 heteroatoms. The van der Waals surface area contributed by atoms with Crippen molar-refractivity contribution in [2.24, 2.45) is 11.5 Å². The number of aliphatic carboxylic acids is 1. The van der Waals surface area contributed by atoms with Crippen LogP contribution in [0.15, 0.2) is 0 Å². The largest absolute Gasteiger partial charge is 0.481 e. The maximum atomic E-state index is 10.7. The molecule has 0 unspecified atom stereocenters. The Bertz CT molecular complexity index is 215. The van der Waals surface area contributed by atoms with Gasteiger partial charge in [0.05, 0.1) is 12.5 Å². The Morgan fingerprint density at radius 1 is 1.42 bits per heavy atom. The predicted octanol–water partition coefficient (Wildman–Crippen LogP) is -2.02. The number of nitrogens with one attached hydrogen (secondary N) is 1. The van der Waals surface area contributed by atoms with E-state index in [1.54, 1.807) is 5.32 Å². The second-order valence-corrected chi connectivity index (χ2v) is 2.06. The normalized spacial score (nSPS) is 11.8. The van der Waals surface area contributed by atoms with E-state index in [9.17, 15) is 14.4 Å². The van der Waals surface area contributed by atoms with Gasteiger partial charge in [-0.2, -0.15) is 0 Å². The van der Waals surface area contributed by atoms with Crippen molar-refractivity contribution >= 4 is 17.9 Å². The minimum Gasteiger partial charge on any atom is -0.481 e. The third-order valence-electron chi connectivity index (χ3n) is 0.978. The summed E-state index contributed by atoms with van der Waals surface area (Å²) in [6.07, 6.45) is -0.543. The molecule has 0 saturated carbocycles. The van der Waals surface area contributed by atoms with Crippen molar-refractivity contribution in [2.45, 2.75) is 12.5 Å². The van der Waals surface area contributed by atoms with Gasteiger partial charge >= 0.3 is 12.0 Å². The van der Waals surface area contributed by atoms with Crippen LogP contribution in [-0.2, 0) is 9.59 Å². The van der Waals surface area contributed by atoms with E-state index in [0.717, 1.165) is 0 Å². The zero-order chi connectivity index (χ0) is 9.72. The fraction of sp³-hybridized carbons (Fsp3) is 0.400. The van der Waals surface area contributed by atoms with E-state index >= 15 is 0 Å². The Morgan fingerprint density at radius 3 is 2.25 bits per heavy atom. The molecule has 0 radical (unpaired) electrons. The lowest BCUT2D eigenvalue weighted by atomic mass is 10.2. The molecular formula is C5H9N3O4. The van der Waals surface area contributed by atoms with Crippen LogP contribution in [0.25, 0.3) is 0 Å². The zero-order valence-corrected chi connectivity index (χ0v) is 6.11. The molecule has 0 saturated heterocycles. The lowest BCUT2D eigenvalue weighted by molar-refractivity contribution is -0.139. The maximum Gasteiger partial charge on any atom is 0.318 e. The van der Waals surface area contributed by atoms with Gasteiger partial charge in [-0.15, -0.1) is 0 Å². The number of carboxylic acid groups (broad SMARTS) is 1. The Balaban J connectivity index is 3.93. The number of carbonyl (C=O) groups is 3. The second-order valence-electron chi connectivity index (χ2n) is 2.06. The summed E-state index contributed by atoms with van der Waals surface area (Å²) in [6, 6.07) is -2.31. The van der Waals surface area contributed by atoms with Gasteiger partial charge in [0.15, 0.2) is 0 Å². The molecule has 6 N–H and O–H groups in total. The highest BCUT2D eigenvalue weighted by Crippen LogP contribution is 1.87. The van der Waals surface area contributed by atoms with E-state index in [4.69, 9.17) is 10.8 Å². The lowest BCUT2D eigenvalue weighted by Crippen LogP contribution is -2.46. The number of nitrogens with two attached hydrogens (primary N) is 2. The summed E-state index contributed by atoms with van der Waals surface area (Å²) < 4.78 is 0. The first kappa shape index (κ1) is 10.4. The van der Waals surface area contributed by atoms with Crippen LogP contribution in [0.4, 0.5) is 4.79 Å². The molecule has 3 amide bonds. The molecule has 0 fully saturated rings. The molecule has 12 heavy (non-hydrogen) atoms. The van der Waals surface area contributed by atoms with Gasteiger partial charge in [0.2, 0.25) is 5.91 Å². The molecule has 0 bridgehead atoms. The average Bonchev–Trinajstić information content (AvgIpc) is 1.84. The van der Waals surface area contributed by atoms with E-state index in [2.05, 4.69) is 5.73 Å². The van der Waals surface area contributed by atoms with E-state index in [0.29, 0.717) is 0 Å². The van der Waals surface area contributed by atoms with Gasteiger partial charge in [-0.25, -0.2) is 4.79 Å². The molecule has 68 valence electrons. The van der Waals surface area contributed by atoms with E-state index in [-0.39, 0.29) is 0 Å². The summed E-state index contributed by atoms with van der Waals surface area (Å²) in [7, 11) is 0. The Kier molecular flexibility index (Phi) is 3.71. The molecule has 0 rings (SSSR count). The van der Waals surface area contributed by atoms with E-state index in [1.807, 2.05) is 0 Å². The molecule has 0 aromatic carbocycles. The highest BCUT2D eigenvalue weighted by Gasteiger charge is 2.17. The van der Waals surface area contributed by atoms with Crippen LogP contribution in [0, 0.1) is 0 Å². The van der Waals surface area contributed by atoms with E-state index < -0.39 is 30.4 Å². The number of urea groups is 1. The third kappa shape index (κ3) is 4.23. The van der Waals surface area contributed by atoms with Gasteiger partial charge in [-0.3, -0.25) is 14.9 Å². The smallest absolute Gasteiger partial charge is 0.318 e. The molecule has 0 aliphatic heterocycles. The highest BCUT2D eigenvalue weighted by atomic mass is 16.4. The van der Waals surface area contributed by atoms with Crippen LogP contribution in [0.1, 0.15) is 6.42 Å². The number of primary amides is 1. The first-order valence-corrected chi connectivity index (χ1v) is 3.01. The minimum absolute atomic E-state index is 0.543. The van der Waals surface area contributed by atoms with Crippen molar-refractivity contribution in [1.82, 2.24) is 5.32 Å². The summed E-state index contributed by atoms with van der Waals surface area (Å²) in [4.78, 5) is 30.8. The number of carbonyl (C=O) groups excluding carboxylic acids is 2. The number of amides is 3. The van der Waals surface area contributed by atoms with Gasteiger partial charge in [0, 0.05) is 0 Å². The summed E-state index contributed by atoms with van der Waals surface area (Å²) in [5.41, 5.74) is 9.65. The second kappa shape index (κ2) is 4.29. The molecule has 0 aliphatic rings. The van der Waals surface area contributed by atoms with Crippen molar-refractivity contribution in [3.8, 4) is 0 Å². The standard InChI is InChI=1S/C5H9N3O4/c6-2(1-3(9)10)4(11)8-5(7)12/h2H,1,6H2,(H,9,10)(H3,7,8,11,12)/t2-/m0/s1. The predicted molar refractivity (Wildman–Crippen MR) is 38.0 cm³/mol. The van der Waals surface area contributed by atoms with Gasteiger partial charge in [-0.05, 0) is 0 Å². The SMILES string of the molecule is NC(=O)NC(=O)[C@@H](N)CC(=O)O. The number of imide groups is 1. The Hall–Kier alpha value is -1.63. The maximum absolute atomic E-state index is 10.7. The first-order chi connectivity index (χ1) is 5.43. The molecule has 1 atom stereocenters. The van der Waals surface area contributed by atoms with Gasteiger partial charge in [0.1, 0.15) is 0 Å². The van der Waals surface area contributed by atoms with Crippen molar-refractivity contribution in [3.05, 3.63) is 0 Å². The number of carboxylic acids is 1. The monoisotopic (exact) mass is 175 g/mol. The van der Waals surface area contributed by atoms with E-state index in [1.165, 1.54) is 0 Å². The molecule has 0 aliphatic carbocycles. The van der Waals surface area contributed by atoms with Crippen LogP contribution in [0.3, 0.4) is 0 Å². The summed E-state index contributed by atoms with van der Waals surface area (Å²) >= 11 is 0.